The second-order valence-corrected chi connectivity index (χ2v) is 20.4. The SMILES string of the molecule is CC(C)(c1ccc(OCCCCl)cc1)c1ccc(OCC(=O)CNS(C)(=O)=O)cc1OCCC(C)(c1ccc(OCCCCl)cc1)c1ccc(OCC(=O)CNS(C)(=O)=O)c(Cl)c1. The molecule has 4 aromatic carbocycles. The van der Waals surface area contributed by atoms with Crippen LogP contribution < -0.4 is 33.1 Å². The van der Waals surface area contributed by atoms with Crippen molar-refractivity contribution >= 4 is 66.4 Å². The number of carbonyl (C=O) groups is 2. The van der Waals surface area contributed by atoms with Gasteiger partial charge in [-0.1, -0.05) is 68.8 Å². The molecule has 0 aliphatic heterocycles. The number of halogens is 3. The smallest absolute Gasteiger partial charge is 0.209 e. The van der Waals surface area contributed by atoms with Crippen molar-refractivity contribution in [1.82, 2.24) is 9.44 Å². The highest BCUT2D eigenvalue weighted by molar-refractivity contribution is 7.89. The van der Waals surface area contributed by atoms with Crippen LogP contribution in [0.3, 0.4) is 0 Å². The van der Waals surface area contributed by atoms with Gasteiger partial charge in [0.2, 0.25) is 20.0 Å². The fraction of sp³-hybridized carbons (Fsp3) is 0.422. The zero-order chi connectivity index (χ0) is 46.3. The Hall–Kier alpha value is -4.09. The fourth-order valence-corrected chi connectivity index (χ4v) is 7.69. The summed E-state index contributed by atoms with van der Waals surface area (Å²) in [7, 11) is -7.12. The molecule has 0 saturated carbocycles. The number of ketones is 2. The zero-order valence-corrected chi connectivity index (χ0v) is 39.9. The number of ether oxygens (including phenoxy) is 5. The predicted octanol–water partition coefficient (Wildman–Crippen LogP) is 7.45. The predicted molar refractivity (Wildman–Crippen MR) is 248 cm³/mol. The molecule has 13 nitrogen and oxygen atoms in total. The number of nitrogens with one attached hydrogen (secondary N) is 2. The molecule has 0 bridgehead atoms. The van der Waals surface area contributed by atoms with Crippen LogP contribution in [0.2, 0.25) is 5.02 Å². The average molecular weight is 970 g/mol. The maximum absolute atomic E-state index is 12.5. The number of benzene rings is 4. The number of hydrogen-bond acceptors (Lipinski definition) is 11. The van der Waals surface area contributed by atoms with E-state index >= 15 is 0 Å². The molecule has 0 heterocycles. The van der Waals surface area contributed by atoms with Gasteiger partial charge in [-0.2, -0.15) is 0 Å². The van der Waals surface area contributed by atoms with Gasteiger partial charge in [0.15, 0.2) is 11.6 Å². The third-order valence-electron chi connectivity index (χ3n) is 10.1. The second kappa shape index (κ2) is 23.7. The largest absolute Gasteiger partial charge is 0.494 e. The molecule has 1 atom stereocenters. The van der Waals surface area contributed by atoms with Gasteiger partial charge in [0, 0.05) is 34.2 Å². The molecule has 0 spiro atoms. The first-order valence-corrected chi connectivity index (χ1v) is 25.3. The van der Waals surface area contributed by atoms with Gasteiger partial charge >= 0.3 is 0 Å². The number of Topliss-reactive ketones (excluding diaryl/α,β-unsaturated/α-hetero) is 2. The van der Waals surface area contributed by atoms with E-state index in [2.05, 4.69) is 30.2 Å². The van der Waals surface area contributed by atoms with Gasteiger partial charge in [-0.25, -0.2) is 26.3 Å². The molecule has 0 aliphatic rings. The van der Waals surface area contributed by atoms with E-state index in [1.165, 1.54) is 0 Å². The summed E-state index contributed by atoms with van der Waals surface area (Å²) in [4.78, 5) is 24.8. The summed E-state index contributed by atoms with van der Waals surface area (Å²) in [6.45, 7) is 5.79. The zero-order valence-electron chi connectivity index (χ0n) is 36.0. The molecule has 2 N–H and O–H groups in total. The lowest BCUT2D eigenvalue weighted by molar-refractivity contribution is -0.120. The van der Waals surface area contributed by atoms with Crippen LogP contribution in [0.5, 0.6) is 28.7 Å². The summed E-state index contributed by atoms with van der Waals surface area (Å²) in [5, 5.41) is 0.246. The number of carbonyl (C=O) groups excluding carboxylic acids is 2. The Bertz CT molecular complexity index is 2360. The Morgan fingerprint density at radius 3 is 1.57 bits per heavy atom. The number of hydrogen-bond donors (Lipinski definition) is 2. The number of sulfonamides is 2. The van der Waals surface area contributed by atoms with Crippen molar-refractivity contribution in [3.8, 4) is 28.7 Å². The molecule has 0 saturated heterocycles. The van der Waals surface area contributed by atoms with Crippen molar-refractivity contribution in [1.29, 1.82) is 0 Å². The molecule has 4 rings (SSSR count). The summed E-state index contributed by atoms with van der Waals surface area (Å²) in [5.41, 5.74) is 2.25. The Morgan fingerprint density at radius 1 is 0.571 bits per heavy atom. The highest BCUT2D eigenvalue weighted by atomic mass is 35.5. The highest BCUT2D eigenvalue weighted by Crippen LogP contribution is 2.42. The van der Waals surface area contributed by atoms with Gasteiger partial charge in [-0.3, -0.25) is 9.59 Å². The van der Waals surface area contributed by atoms with Crippen molar-refractivity contribution in [2.45, 2.75) is 50.9 Å². The van der Waals surface area contributed by atoms with Gasteiger partial charge in [0.25, 0.3) is 0 Å². The molecule has 0 amide bonds. The van der Waals surface area contributed by atoms with Gasteiger partial charge < -0.3 is 23.7 Å². The molecular weight excluding hydrogens is 915 g/mol. The summed E-state index contributed by atoms with van der Waals surface area (Å²) in [6.07, 6.45) is 3.79. The summed E-state index contributed by atoms with van der Waals surface area (Å²) in [6, 6.07) is 26.2. The van der Waals surface area contributed by atoms with E-state index in [0.29, 0.717) is 55.1 Å². The quantitative estimate of drug-likeness (QED) is 0.0428. The molecule has 0 aromatic heterocycles. The van der Waals surface area contributed by atoms with Crippen LogP contribution in [0.25, 0.3) is 0 Å². The van der Waals surface area contributed by atoms with E-state index in [-0.39, 0.29) is 24.0 Å². The molecule has 4 aromatic rings. The van der Waals surface area contributed by atoms with E-state index < -0.39 is 62.1 Å². The molecule has 18 heteroatoms. The van der Waals surface area contributed by atoms with Gasteiger partial charge in [0.1, 0.15) is 42.0 Å². The first-order valence-electron chi connectivity index (χ1n) is 20.1. The summed E-state index contributed by atoms with van der Waals surface area (Å²) in [5.74, 6) is 2.55. The van der Waals surface area contributed by atoms with Crippen LogP contribution in [0.4, 0.5) is 0 Å². The standard InChI is InChI=1S/C45H55Cl3N2O11S2/c1-44(2,32-8-13-37(14-9-32)57-23-6-21-46)40-18-17-39(60-30-35(51)28-49-62(4,53)54)27-43(40)59-25-20-45(3,33-10-15-38(16-11-33)58-24-7-22-47)34-12-19-42(41(48)26-34)61-31-36(52)29-50-63(5,55)56/h8-19,26-27,49-50H,6-7,20-25,28-31H2,1-5H3. The summed E-state index contributed by atoms with van der Waals surface area (Å²) >= 11 is 18.4. The van der Waals surface area contributed by atoms with Crippen molar-refractivity contribution in [3.63, 3.8) is 0 Å². The molecule has 0 aliphatic carbocycles. The molecular formula is C45H55Cl3N2O11S2. The number of alkyl halides is 2. The maximum atomic E-state index is 12.5. The van der Waals surface area contributed by atoms with Gasteiger partial charge in [-0.05, 0) is 78.4 Å². The molecule has 0 radical (unpaired) electrons. The molecule has 1 unspecified atom stereocenters. The maximum Gasteiger partial charge on any atom is 0.209 e. The van der Waals surface area contributed by atoms with Crippen LogP contribution in [-0.2, 0) is 40.5 Å². The Balaban J connectivity index is 1.66. The van der Waals surface area contributed by atoms with E-state index in [1.54, 1.807) is 24.3 Å². The highest BCUT2D eigenvalue weighted by Gasteiger charge is 2.32. The molecule has 0 fully saturated rings. The van der Waals surface area contributed by atoms with Crippen molar-refractivity contribution < 1.29 is 50.1 Å². The first-order chi connectivity index (χ1) is 29.7. The van der Waals surface area contributed by atoms with Crippen molar-refractivity contribution in [2.24, 2.45) is 0 Å². The minimum Gasteiger partial charge on any atom is -0.494 e. The lowest BCUT2D eigenvalue weighted by atomic mass is 9.74. The topological polar surface area (TPSA) is 173 Å². The molecule has 344 valence electrons. The Morgan fingerprint density at radius 2 is 1.06 bits per heavy atom. The monoisotopic (exact) mass is 968 g/mol. The third kappa shape index (κ3) is 16.4. The lowest BCUT2D eigenvalue weighted by Gasteiger charge is -2.33. The molecule has 63 heavy (non-hydrogen) atoms. The summed E-state index contributed by atoms with van der Waals surface area (Å²) < 4.78 is 80.2. The number of rotatable bonds is 28. The van der Waals surface area contributed by atoms with Crippen molar-refractivity contribution in [2.75, 3.05) is 70.4 Å². The van der Waals surface area contributed by atoms with E-state index in [4.69, 9.17) is 58.5 Å². The van der Waals surface area contributed by atoms with Crippen LogP contribution in [0.1, 0.15) is 62.3 Å². The third-order valence-corrected chi connectivity index (χ3v) is 12.2. The van der Waals surface area contributed by atoms with Crippen LogP contribution in [-0.4, -0.2) is 98.8 Å². The lowest BCUT2D eigenvalue weighted by Crippen LogP contribution is -2.31. The Labute approximate surface area is 386 Å². The van der Waals surface area contributed by atoms with Crippen molar-refractivity contribution in [3.05, 3.63) is 112 Å². The minimum atomic E-state index is -3.57. The van der Waals surface area contributed by atoms with Gasteiger partial charge in [0.05, 0.1) is 50.4 Å². The first kappa shape index (κ1) is 51.5. The van der Waals surface area contributed by atoms with E-state index in [1.807, 2.05) is 60.7 Å². The van der Waals surface area contributed by atoms with Crippen LogP contribution in [0.15, 0.2) is 84.9 Å². The van der Waals surface area contributed by atoms with E-state index in [9.17, 15) is 26.4 Å². The Kier molecular flexibility index (Phi) is 19.4. The van der Waals surface area contributed by atoms with Crippen LogP contribution >= 0.6 is 34.8 Å². The fourth-order valence-electron chi connectivity index (χ4n) is 6.39. The minimum absolute atomic E-state index is 0.194. The second-order valence-electron chi connectivity index (χ2n) is 15.5. The van der Waals surface area contributed by atoms with Gasteiger partial charge in [-0.15, -0.1) is 23.2 Å². The normalized spacial score (nSPS) is 12.9. The average Bonchev–Trinajstić information content (AvgIpc) is 3.23. The van der Waals surface area contributed by atoms with Crippen LogP contribution in [0, 0.1) is 0 Å². The van der Waals surface area contributed by atoms with E-state index in [0.717, 1.165) is 46.9 Å².